The van der Waals surface area contributed by atoms with Crippen LogP contribution in [-0.2, 0) is 14.3 Å². The lowest BCUT2D eigenvalue weighted by molar-refractivity contribution is -0.137. The van der Waals surface area contributed by atoms with E-state index in [-0.39, 0.29) is 11.6 Å². The Balaban J connectivity index is 2.42. The van der Waals surface area contributed by atoms with Gasteiger partial charge in [0.15, 0.2) is 0 Å². The molecule has 144 valence electrons. The highest BCUT2D eigenvalue weighted by molar-refractivity contribution is 5.84. The maximum atomic E-state index is 11.4. The van der Waals surface area contributed by atoms with Crippen LogP contribution in [0.3, 0.4) is 0 Å². The third kappa shape index (κ3) is 7.35. The first-order valence-corrected chi connectivity index (χ1v) is 10.2. The van der Waals surface area contributed by atoms with E-state index in [9.17, 15) is 4.79 Å². The second kappa shape index (κ2) is 11.5. The third-order valence-corrected chi connectivity index (χ3v) is 5.52. The van der Waals surface area contributed by atoms with E-state index in [0.717, 1.165) is 50.2 Å². The van der Waals surface area contributed by atoms with Crippen LogP contribution in [0.2, 0.25) is 0 Å². The number of allylic oxidation sites excluding steroid dienone is 3. The van der Waals surface area contributed by atoms with E-state index in [1.165, 1.54) is 24.8 Å². The fourth-order valence-corrected chi connectivity index (χ4v) is 3.77. The van der Waals surface area contributed by atoms with Gasteiger partial charge < -0.3 is 9.47 Å². The van der Waals surface area contributed by atoms with E-state index in [0.29, 0.717) is 6.61 Å². The molecule has 0 heterocycles. The smallest absolute Gasteiger partial charge is 0.331 e. The van der Waals surface area contributed by atoms with Gasteiger partial charge in [-0.3, -0.25) is 0 Å². The van der Waals surface area contributed by atoms with Gasteiger partial charge in [0, 0.05) is 12.7 Å². The summed E-state index contributed by atoms with van der Waals surface area (Å²) in [6.45, 7) is 12.0. The van der Waals surface area contributed by atoms with Crippen LogP contribution in [0.5, 0.6) is 0 Å². The summed E-state index contributed by atoms with van der Waals surface area (Å²) in [5.41, 5.74) is 2.67. The maximum Gasteiger partial charge on any atom is 0.331 e. The van der Waals surface area contributed by atoms with Gasteiger partial charge >= 0.3 is 5.97 Å². The summed E-state index contributed by atoms with van der Waals surface area (Å²) in [6.07, 6.45) is 13.0. The molecule has 1 rings (SSSR count). The van der Waals surface area contributed by atoms with Gasteiger partial charge in [0.05, 0.1) is 12.2 Å². The molecule has 0 aromatic rings. The average Bonchev–Trinajstić information content (AvgIpc) is 2.57. The molecule has 0 spiro atoms. The number of hydrogen-bond acceptors (Lipinski definition) is 3. The Morgan fingerprint density at radius 1 is 1.20 bits per heavy atom. The summed E-state index contributed by atoms with van der Waals surface area (Å²) in [4.78, 5) is 11.4. The number of carbonyl (C=O) groups is 1. The highest BCUT2D eigenvalue weighted by Gasteiger charge is 2.26. The molecule has 3 nitrogen and oxygen atoms in total. The van der Waals surface area contributed by atoms with Crippen molar-refractivity contribution in [2.45, 2.75) is 91.6 Å². The van der Waals surface area contributed by atoms with Crippen molar-refractivity contribution in [1.29, 1.82) is 0 Å². The molecule has 1 atom stereocenters. The van der Waals surface area contributed by atoms with Gasteiger partial charge in [0.25, 0.3) is 0 Å². The van der Waals surface area contributed by atoms with Crippen molar-refractivity contribution in [3.63, 3.8) is 0 Å². The zero-order valence-corrected chi connectivity index (χ0v) is 17.0. The molecule has 1 aliphatic carbocycles. The minimum absolute atomic E-state index is 0.0817. The molecule has 0 saturated heterocycles. The van der Waals surface area contributed by atoms with Crippen LogP contribution in [0.4, 0.5) is 0 Å². The van der Waals surface area contributed by atoms with Crippen molar-refractivity contribution >= 4 is 5.97 Å². The highest BCUT2D eigenvalue weighted by atomic mass is 16.5. The van der Waals surface area contributed by atoms with E-state index in [1.807, 2.05) is 6.92 Å². The van der Waals surface area contributed by atoms with E-state index in [2.05, 4.69) is 33.8 Å². The van der Waals surface area contributed by atoms with Gasteiger partial charge in [-0.05, 0) is 57.4 Å². The lowest BCUT2D eigenvalue weighted by Crippen LogP contribution is -2.31. The lowest BCUT2D eigenvalue weighted by atomic mass is 9.81. The number of ether oxygens (including phenoxy) is 2. The molecule has 0 bridgehead atoms. The van der Waals surface area contributed by atoms with Crippen molar-refractivity contribution in [3.8, 4) is 0 Å². The van der Waals surface area contributed by atoms with E-state index in [1.54, 1.807) is 6.08 Å². The summed E-state index contributed by atoms with van der Waals surface area (Å²) >= 11 is 0. The normalized spacial score (nSPS) is 17.2. The second-order valence-electron chi connectivity index (χ2n) is 7.14. The van der Waals surface area contributed by atoms with Crippen LogP contribution < -0.4 is 0 Å². The summed E-state index contributed by atoms with van der Waals surface area (Å²) in [6, 6.07) is 0. The monoisotopic (exact) mass is 350 g/mol. The molecular weight excluding hydrogens is 312 g/mol. The Kier molecular flexibility index (Phi) is 10.1. The molecule has 0 aromatic heterocycles. The van der Waals surface area contributed by atoms with Crippen LogP contribution >= 0.6 is 0 Å². The minimum atomic E-state index is -0.216. The average molecular weight is 351 g/mol. The van der Waals surface area contributed by atoms with Crippen LogP contribution in [0.25, 0.3) is 0 Å². The standard InChI is InChI=1S/C22H38O3/c1-6-18(12-11-13-22(7-2,8-3)25-10-5)14-19-15-20(16-19)17-21(23)24-9-4/h15,17-18H,6-14,16H2,1-5H3. The Morgan fingerprint density at radius 3 is 2.40 bits per heavy atom. The minimum Gasteiger partial charge on any atom is -0.463 e. The van der Waals surface area contributed by atoms with E-state index < -0.39 is 0 Å². The zero-order valence-electron chi connectivity index (χ0n) is 17.0. The van der Waals surface area contributed by atoms with Gasteiger partial charge in [-0.15, -0.1) is 0 Å². The topological polar surface area (TPSA) is 35.5 Å². The highest BCUT2D eigenvalue weighted by Crippen LogP contribution is 2.34. The summed E-state index contributed by atoms with van der Waals surface area (Å²) in [7, 11) is 0. The van der Waals surface area contributed by atoms with Gasteiger partial charge in [-0.25, -0.2) is 4.79 Å². The first kappa shape index (κ1) is 22.0. The number of hydrogen-bond donors (Lipinski definition) is 0. The van der Waals surface area contributed by atoms with Crippen LogP contribution in [0.1, 0.15) is 86.0 Å². The first-order chi connectivity index (χ1) is 12.0. The lowest BCUT2D eigenvalue weighted by Gasteiger charge is -2.32. The van der Waals surface area contributed by atoms with Gasteiger partial charge in [-0.1, -0.05) is 51.7 Å². The number of carbonyl (C=O) groups excluding carboxylic acids is 1. The van der Waals surface area contributed by atoms with Crippen molar-refractivity contribution in [2.75, 3.05) is 13.2 Å². The van der Waals surface area contributed by atoms with E-state index in [4.69, 9.17) is 9.47 Å². The molecule has 0 fully saturated rings. The third-order valence-electron chi connectivity index (χ3n) is 5.52. The molecule has 0 N–H and O–H groups in total. The van der Waals surface area contributed by atoms with Crippen molar-refractivity contribution in [1.82, 2.24) is 0 Å². The van der Waals surface area contributed by atoms with Crippen molar-refractivity contribution < 1.29 is 14.3 Å². The quantitative estimate of drug-likeness (QED) is 0.302. The Hall–Kier alpha value is -1.09. The fourth-order valence-electron chi connectivity index (χ4n) is 3.77. The molecule has 1 aliphatic rings. The van der Waals surface area contributed by atoms with Crippen molar-refractivity contribution in [2.24, 2.45) is 5.92 Å². The predicted molar refractivity (Wildman–Crippen MR) is 105 cm³/mol. The molecule has 3 heteroatoms. The van der Waals surface area contributed by atoms with E-state index >= 15 is 0 Å². The van der Waals surface area contributed by atoms with Gasteiger partial charge in [-0.2, -0.15) is 0 Å². The second-order valence-corrected chi connectivity index (χ2v) is 7.14. The Morgan fingerprint density at radius 2 is 1.88 bits per heavy atom. The number of rotatable bonds is 13. The molecule has 0 amide bonds. The molecular formula is C22H38O3. The fraction of sp³-hybridized carbons (Fsp3) is 0.773. The predicted octanol–water partition coefficient (Wildman–Crippen LogP) is 5.99. The molecule has 25 heavy (non-hydrogen) atoms. The zero-order chi connectivity index (χ0) is 18.7. The Labute approximate surface area is 154 Å². The molecule has 1 unspecified atom stereocenters. The molecule has 0 aromatic carbocycles. The van der Waals surface area contributed by atoms with Crippen LogP contribution in [0, 0.1) is 5.92 Å². The summed E-state index contributed by atoms with van der Waals surface area (Å²) in [5, 5.41) is 0. The summed E-state index contributed by atoms with van der Waals surface area (Å²) < 4.78 is 11.0. The van der Waals surface area contributed by atoms with Crippen LogP contribution in [-0.4, -0.2) is 24.8 Å². The van der Waals surface area contributed by atoms with Gasteiger partial charge in [0.2, 0.25) is 0 Å². The van der Waals surface area contributed by atoms with Crippen molar-refractivity contribution in [3.05, 3.63) is 23.3 Å². The SMILES string of the molecule is CCOC(=O)C=C1C=C(CC(CC)CCCC(CC)(CC)OCC)C1. The Bertz CT molecular complexity index is 458. The van der Waals surface area contributed by atoms with Crippen LogP contribution in [0.15, 0.2) is 23.3 Å². The maximum absolute atomic E-state index is 11.4. The molecule has 0 saturated carbocycles. The summed E-state index contributed by atoms with van der Waals surface area (Å²) in [5.74, 6) is 0.523. The molecule has 0 aliphatic heterocycles. The largest absolute Gasteiger partial charge is 0.463 e. The van der Waals surface area contributed by atoms with Gasteiger partial charge in [0.1, 0.15) is 0 Å². The first-order valence-electron chi connectivity index (χ1n) is 10.2. The number of esters is 1. The molecule has 0 radical (unpaired) electrons.